The predicted octanol–water partition coefficient (Wildman–Crippen LogP) is 1.40. The molecule has 0 spiro atoms. The number of aromatic nitrogens is 1. The third kappa shape index (κ3) is 2.18. The van der Waals surface area contributed by atoms with Crippen molar-refractivity contribution in [3.8, 4) is 0 Å². The third-order valence-corrected chi connectivity index (χ3v) is 3.91. The lowest BCUT2D eigenvalue weighted by Gasteiger charge is -2.26. The summed E-state index contributed by atoms with van der Waals surface area (Å²) in [5, 5.41) is 7.67. The lowest BCUT2D eigenvalue weighted by molar-refractivity contribution is 0.0212. The van der Waals surface area contributed by atoms with Crippen LogP contribution < -0.4 is 5.32 Å². The molecule has 1 fully saturated rings. The molecule has 0 saturated carbocycles. The van der Waals surface area contributed by atoms with Crippen LogP contribution in [-0.2, 0) is 29.0 Å². The molecule has 5 nitrogen and oxygen atoms in total. The highest BCUT2D eigenvalue weighted by atomic mass is 16.5. The molecule has 1 atom stereocenters. The number of ether oxygens (including phenoxy) is 2. The summed E-state index contributed by atoms with van der Waals surface area (Å²) in [7, 11) is 0. The standard InChI is InChI=1S/C13H20N2O3/c1-13(2)12(4-6-17-13)14-7-10-9-8-16-5-3-11(9)18-15-10/h12,14H,3-8H2,1-2H3. The van der Waals surface area contributed by atoms with Crippen LogP contribution in [0.3, 0.4) is 0 Å². The van der Waals surface area contributed by atoms with Crippen LogP contribution in [0.15, 0.2) is 4.52 Å². The molecule has 0 aromatic carbocycles. The van der Waals surface area contributed by atoms with Crippen LogP contribution >= 0.6 is 0 Å². The minimum atomic E-state index is -0.0969. The van der Waals surface area contributed by atoms with Gasteiger partial charge in [0, 0.05) is 31.2 Å². The SMILES string of the molecule is CC1(C)OCCC1NCc1noc2c1COCC2. The zero-order valence-corrected chi connectivity index (χ0v) is 11.0. The van der Waals surface area contributed by atoms with E-state index in [2.05, 4.69) is 24.3 Å². The van der Waals surface area contributed by atoms with Gasteiger partial charge in [0.1, 0.15) is 11.5 Å². The second-order valence-electron chi connectivity index (χ2n) is 5.51. The van der Waals surface area contributed by atoms with E-state index in [1.54, 1.807) is 0 Å². The smallest absolute Gasteiger partial charge is 0.144 e. The first kappa shape index (κ1) is 12.1. The second-order valence-corrected chi connectivity index (χ2v) is 5.51. The van der Waals surface area contributed by atoms with Crippen molar-refractivity contribution < 1.29 is 14.0 Å². The zero-order chi connectivity index (χ0) is 12.6. The molecule has 1 saturated heterocycles. The largest absolute Gasteiger partial charge is 0.376 e. The van der Waals surface area contributed by atoms with Crippen LogP contribution in [0.1, 0.15) is 37.3 Å². The van der Waals surface area contributed by atoms with Gasteiger partial charge in [0.2, 0.25) is 0 Å². The van der Waals surface area contributed by atoms with Crippen LogP contribution in [-0.4, -0.2) is 30.0 Å². The molecule has 2 aliphatic heterocycles. The Hall–Kier alpha value is -0.910. The number of hydrogen-bond acceptors (Lipinski definition) is 5. The predicted molar refractivity (Wildman–Crippen MR) is 65.1 cm³/mol. The Morgan fingerprint density at radius 3 is 3.06 bits per heavy atom. The van der Waals surface area contributed by atoms with Gasteiger partial charge in [0.05, 0.1) is 18.8 Å². The molecular formula is C13H20N2O3. The monoisotopic (exact) mass is 252 g/mol. The quantitative estimate of drug-likeness (QED) is 0.881. The van der Waals surface area contributed by atoms with Crippen molar-refractivity contribution in [3.63, 3.8) is 0 Å². The fourth-order valence-corrected chi connectivity index (χ4v) is 2.68. The number of nitrogens with one attached hydrogen (secondary N) is 1. The fraction of sp³-hybridized carbons (Fsp3) is 0.769. The van der Waals surface area contributed by atoms with Gasteiger partial charge < -0.3 is 19.3 Å². The number of fused-ring (bicyclic) bond motifs is 1. The summed E-state index contributed by atoms with van der Waals surface area (Å²) < 4.78 is 16.5. The summed E-state index contributed by atoms with van der Waals surface area (Å²) in [5.41, 5.74) is 2.01. The summed E-state index contributed by atoms with van der Waals surface area (Å²) >= 11 is 0. The topological polar surface area (TPSA) is 56.5 Å². The molecule has 1 N–H and O–H groups in total. The average Bonchev–Trinajstić information content (AvgIpc) is 2.90. The highest BCUT2D eigenvalue weighted by Crippen LogP contribution is 2.26. The van der Waals surface area contributed by atoms with E-state index in [1.807, 2.05) is 0 Å². The molecule has 1 unspecified atom stereocenters. The van der Waals surface area contributed by atoms with Gasteiger partial charge in [-0.2, -0.15) is 0 Å². The highest BCUT2D eigenvalue weighted by molar-refractivity contribution is 5.23. The molecule has 1 aromatic rings. The van der Waals surface area contributed by atoms with Crippen LogP contribution in [0.4, 0.5) is 0 Å². The lowest BCUT2D eigenvalue weighted by Crippen LogP contribution is -2.43. The molecule has 3 rings (SSSR count). The third-order valence-electron chi connectivity index (χ3n) is 3.91. The molecule has 0 radical (unpaired) electrons. The van der Waals surface area contributed by atoms with Crippen molar-refractivity contribution in [1.82, 2.24) is 10.5 Å². The number of nitrogens with zero attached hydrogens (tertiary/aromatic N) is 1. The number of rotatable bonds is 3. The first-order chi connectivity index (χ1) is 8.67. The zero-order valence-electron chi connectivity index (χ0n) is 11.0. The van der Waals surface area contributed by atoms with Crippen molar-refractivity contribution in [2.75, 3.05) is 13.2 Å². The van der Waals surface area contributed by atoms with Gasteiger partial charge in [-0.25, -0.2) is 0 Å². The van der Waals surface area contributed by atoms with Crippen LogP contribution in [0.25, 0.3) is 0 Å². The summed E-state index contributed by atoms with van der Waals surface area (Å²) in [4.78, 5) is 0. The molecule has 2 aliphatic rings. The highest BCUT2D eigenvalue weighted by Gasteiger charge is 2.35. The molecule has 0 aliphatic carbocycles. The Labute approximate surface area is 107 Å². The van der Waals surface area contributed by atoms with E-state index in [1.165, 1.54) is 0 Å². The minimum absolute atomic E-state index is 0.0969. The van der Waals surface area contributed by atoms with Crippen LogP contribution in [0.5, 0.6) is 0 Å². The lowest BCUT2D eigenvalue weighted by atomic mass is 9.99. The Morgan fingerprint density at radius 2 is 2.28 bits per heavy atom. The average molecular weight is 252 g/mol. The van der Waals surface area contributed by atoms with Crippen molar-refractivity contribution in [1.29, 1.82) is 0 Å². The first-order valence-corrected chi connectivity index (χ1v) is 6.58. The van der Waals surface area contributed by atoms with E-state index in [0.29, 0.717) is 12.6 Å². The maximum Gasteiger partial charge on any atom is 0.144 e. The van der Waals surface area contributed by atoms with Gasteiger partial charge >= 0.3 is 0 Å². The van der Waals surface area contributed by atoms with E-state index in [-0.39, 0.29) is 5.60 Å². The van der Waals surface area contributed by atoms with E-state index in [4.69, 9.17) is 14.0 Å². The van der Waals surface area contributed by atoms with Crippen molar-refractivity contribution in [3.05, 3.63) is 17.0 Å². The summed E-state index contributed by atoms with van der Waals surface area (Å²) in [5.74, 6) is 0.986. The molecule has 5 heteroatoms. The first-order valence-electron chi connectivity index (χ1n) is 6.58. The van der Waals surface area contributed by atoms with E-state index in [0.717, 1.165) is 49.6 Å². The molecule has 0 bridgehead atoms. The maximum absolute atomic E-state index is 5.70. The Kier molecular flexibility index (Phi) is 3.13. The summed E-state index contributed by atoms with van der Waals surface area (Å²) in [6.07, 6.45) is 1.88. The fourth-order valence-electron chi connectivity index (χ4n) is 2.68. The Balaban J connectivity index is 1.65. The molecule has 1 aromatic heterocycles. The van der Waals surface area contributed by atoms with Crippen LogP contribution in [0, 0.1) is 0 Å². The van der Waals surface area contributed by atoms with Gasteiger partial charge in [-0.05, 0) is 20.3 Å². The van der Waals surface area contributed by atoms with Gasteiger partial charge in [-0.1, -0.05) is 5.16 Å². The van der Waals surface area contributed by atoms with E-state index < -0.39 is 0 Å². The van der Waals surface area contributed by atoms with Crippen LogP contribution in [0.2, 0.25) is 0 Å². The molecule has 100 valence electrons. The minimum Gasteiger partial charge on any atom is -0.376 e. The molecule has 0 amide bonds. The molecular weight excluding hydrogens is 232 g/mol. The molecule has 18 heavy (non-hydrogen) atoms. The second kappa shape index (κ2) is 4.64. The van der Waals surface area contributed by atoms with Crippen molar-refractivity contribution in [2.24, 2.45) is 0 Å². The van der Waals surface area contributed by atoms with E-state index >= 15 is 0 Å². The Morgan fingerprint density at radius 1 is 1.39 bits per heavy atom. The normalized spacial score (nSPS) is 26.2. The summed E-state index contributed by atoms with van der Waals surface area (Å²) in [6.45, 7) is 7.15. The Bertz CT molecular complexity index is 428. The summed E-state index contributed by atoms with van der Waals surface area (Å²) in [6, 6.07) is 0.370. The van der Waals surface area contributed by atoms with Gasteiger partial charge in [-0.3, -0.25) is 0 Å². The van der Waals surface area contributed by atoms with Crippen molar-refractivity contribution >= 4 is 0 Å². The molecule has 3 heterocycles. The van der Waals surface area contributed by atoms with E-state index in [9.17, 15) is 0 Å². The van der Waals surface area contributed by atoms with Gasteiger partial charge in [0.15, 0.2) is 0 Å². The van der Waals surface area contributed by atoms with Gasteiger partial charge in [0.25, 0.3) is 0 Å². The van der Waals surface area contributed by atoms with Crippen molar-refractivity contribution in [2.45, 2.75) is 51.5 Å². The maximum atomic E-state index is 5.70. The number of hydrogen-bond donors (Lipinski definition) is 1. The van der Waals surface area contributed by atoms with Gasteiger partial charge in [-0.15, -0.1) is 0 Å².